The Morgan fingerprint density at radius 2 is 2.21 bits per heavy atom. The fourth-order valence-corrected chi connectivity index (χ4v) is 6.20. The Kier molecular flexibility index (Phi) is 4.01. The molecule has 0 saturated heterocycles. The maximum atomic E-state index is 13.4. The number of phenols is 1. The van der Waals surface area contributed by atoms with Gasteiger partial charge in [-0.05, 0) is 91.7 Å². The number of ketones is 1. The molecule has 0 unspecified atom stereocenters. The molecular formula is C24H28N2O2. The third-order valence-electron chi connectivity index (χ3n) is 7.67. The number of aromatic nitrogens is 2. The summed E-state index contributed by atoms with van der Waals surface area (Å²) in [7, 11) is 0. The Morgan fingerprint density at radius 1 is 1.36 bits per heavy atom. The van der Waals surface area contributed by atoms with E-state index in [0.717, 1.165) is 49.8 Å². The summed E-state index contributed by atoms with van der Waals surface area (Å²) >= 11 is 0. The van der Waals surface area contributed by atoms with Gasteiger partial charge in [-0.3, -0.25) is 9.48 Å². The number of carbonyl (C=O) groups is 1. The van der Waals surface area contributed by atoms with E-state index in [1.165, 1.54) is 11.1 Å². The molecule has 1 aromatic carbocycles. The molecule has 2 saturated carbocycles. The minimum absolute atomic E-state index is 0.220. The van der Waals surface area contributed by atoms with Crippen molar-refractivity contribution >= 4 is 11.9 Å². The lowest BCUT2D eigenvalue weighted by Crippen LogP contribution is -2.42. The number of Topliss-reactive ketones (excluding diaryl/α,β-unsaturated/α-hetero) is 1. The van der Waals surface area contributed by atoms with E-state index in [4.69, 9.17) is 0 Å². The van der Waals surface area contributed by atoms with Gasteiger partial charge in [0.25, 0.3) is 0 Å². The molecule has 4 atom stereocenters. The molecule has 146 valence electrons. The fraction of sp³-hybridized carbons (Fsp3) is 0.500. The van der Waals surface area contributed by atoms with E-state index < -0.39 is 0 Å². The Balaban J connectivity index is 1.47. The molecule has 2 aromatic rings. The van der Waals surface area contributed by atoms with Crippen LogP contribution in [-0.2, 0) is 17.8 Å². The molecule has 0 spiro atoms. The van der Waals surface area contributed by atoms with Crippen molar-refractivity contribution < 1.29 is 9.90 Å². The summed E-state index contributed by atoms with van der Waals surface area (Å²) in [4.78, 5) is 13.4. The molecule has 0 aliphatic heterocycles. The van der Waals surface area contributed by atoms with E-state index >= 15 is 0 Å². The van der Waals surface area contributed by atoms with Crippen molar-refractivity contribution in [1.29, 1.82) is 0 Å². The van der Waals surface area contributed by atoms with Gasteiger partial charge in [0.15, 0.2) is 5.78 Å². The van der Waals surface area contributed by atoms with E-state index in [9.17, 15) is 9.90 Å². The normalized spacial score (nSPS) is 32.9. The molecule has 1 N–H and O–H groups in total. The summed E-state index contributed by atoms with van der Waals surface area (Å²) in [5, 5.41) is 14.2. The van der Waals surface area contributed by atoms with Crippen molar-refractivity contribution in [3.8, 4) is 5.75 Å². The summed E-state index contributed by atoms with van der Waals surface area (Å²) in [6.45, 7) is 5.12. The summed E-state index contributed by atoms with van der Waals surface area (Å²) in [5.41, 5.74) is 4.51. The molecule has 1 heterocycles. The average molecular weight is 377 g/mol. The van der Waals surface area contributed by atoms with Crippen LogP contribution in [0.5, 0.6) is 5.75 Å². The first-order chi connectivity index (χ1) is 13.5. The first-order valence-corrected chi connectivity index (χ1v) is 10.6. The SMILES string of the molecule is CCn1cc(/C=C2\C[C@@H]3[C@@H]4CCc5cc(O)ccc5[C@@H]4CC[C@@]3(C)C2=O)cn1. The van der Waals surface area contributed by atoms with Gasteiger partial charge >= 0.3 is 0 Å². The lowest BCUT2D eigenvalue weighted by Gasteiger charge is -2.48. The van der Waals surface area contributed by atoms with Crippen molar-refractivity contribution in [3.05, 3.63) is 52.9 Å². The van der Waals surface area contributed by atoms with Crippen LogP contribution in [0.3, 0.4) is 0 Å². The molecule has 0 radical (unpaired) electrons. The van der Waals surface area contributed by atoms with Crippen LogP contribution in [0.15, 0.2) is 36.2 Å². The minimum atomic E-state index is -0.220. The Labute approximate surface area is 166 Å². The topological polar surface area (TPSA) is 55.1 Å². The predicted molar refractivity (Wildman–Crippen MR) is 109 cm³/mol. The molecule has 3 aliphatic rings. The maximum Gasteiger partial charge on any atom is 0.165 e. The Bertz CT molecular complexity index is 973. The number of rotatable bonds is 2. The van der Waals surface area contributed by atoms with E-state index in [-0.39, 0.29) is 5.41 Å². The van der Waals surface area contributed by atoms with Gasteiger partial charge in [0.2, 0.25) is 0 Å². The van der Waals surface area contributed by atoms with Crippen LogP contribution in [0, 0.1) is 17.3 Å². The van der Waals surface area contributed by atoms with Crippen LogP contribution >= 0.6 is 0 Å². The molecule has 28 heavy (non-hydrogen) atoms. The number of benzene rings is 1. The number of phenolic OH excluding ortho intramolecular Hbond substituents is 1. The lowest BCUT2D eigenvalue weighted by molar-refractivity contribution is -0.127. The van der Waals surface area contributed by atoms with Crippen molar-refractivity contribution in [2.45, 2.75) is 58.4 Å². The summed E-state index contributed by atoms with van der Waals surface area (Å²) < 4.78 is 1.91. The number of hydrogen-bond donors (Lipinski definition) is 1. The molecule has 5 rings (SSSR count). The van der Waals surface area contributed by atoms with E-state index in [0.29, 0.717) is 29.3 Å². The highest BCUT2D eigenvalue weighted by molar-refractivity contribution is 6.05. The predicted octanol–water partition coefficient (Wildman–Crippen LogP) is 4.73. The van der Waals surface area contributed by atoms with Crippen molar-refractivity contribution in [2.75, 3.05) is 0 Å². The second kappa shape index (κ2) is 6.33. The number of hydrogen-bond acceptors (Lipinski definition) is 3. The number of aromatic hydroxyl groups is 1. The zero-order valence-corrected chi connectivity index (χ0v) is 16.7. The summed E-state index contributed by atoms with van der Waals surface area (Å²) in [6, 6.07) is 5.89. The standard InChI is InChI=1S/C24H28N2O2/c1-3-26-14-15(13-25-26)10-17-12-22-21-6-4-16-11-18(27)5-7-19(16)20(21)8-9-24(22,2)23(17)28/h5,7,10-11,13-14,20-22,27H,3-4,6,8-9,12H2,1-2H3/b17-10+/t20-,21+,22+,24+/m0/s1. The van der Waals surface area contributed by atoms with Gasteiger partial charge < -0.3 is 5.11 Å². The number of carbonyl (C=O) groups excluding carboxylic acids is 1. The van der Waals surface area contributed by atoms with Crippen LogP contribution in [0.2, 0.25) is 0 Å². The van der Waals surface area contributed by atoms with Gasteiger partial charge in [-0.2, -0.15) is 5.10 Å². The van der Waals surface area contributed by atoms with Gasteiger partial charge in [0.05, 0.1) is 6.20 Å². The van der Waals surface area contributed by atoms with Crippen LogP contribution in [-0.4, -0.2) is 20.7 Å². The fourth-order valence-electron chi connectivity index (χ4n) is 6.20. The quantitative estimate of drug-likeness (QED) is 0.771. The molecule has 3 aliphatic carbocycles. The number of fused-ring (bicyclic) bond motifs is 5. The van der Waals surface area contributed by atoms with Crippen LogP contribution in [0.25, 0.3) is 6.08 Å². The second-order valence-corrected chi connectivity index (χ2v) is 9.09. The zero-order valence-electron chi connectivity index (χ0n) is 16.7. The van der Waals surface area contributed by atoms with Crippen molar-refractivity contribution in [3.63, 3.8) is 0 Å². The smallest absolute Gasteiger partial charge is 0.165 e. The van der Waals surface area contributed by atoms with Crippen LogP contribution < -0.4 is 0 Å². The molecule has 4 heteroatoms. The Hall–Kier alpha value is -2.36. The molecule has 1 aromatic heterocycles. The maximum absolute atomic E-state index is 13.4. The highest BCUT2D eigenvalue weighted by Crippen LogP contribution is 2.60. The second-order valence-electron chi connectivity index (χ2n) is 9.09. The third-order valence-corrected chi connectivity index (χ3v) is 7.67. The highest BCUT2D eigenvalue weighted by Gasteiger charge is 2.56. The lowest BCUT2D eigenvalue weighted by atomic mass is 9.55. The number of nitrogens with zero attached hydrogens (tertiary/aromatic N) is 2. The minimum Gasteiger partial charge on any atom is -0.508 e. The first-order valence-electron chi connectivity index (χ1n) is 10.6. The van der Waals surface area contributed by atoms with E-state index in [1.54, 1.807) is 0 Å². The van der Waals surface area contributed by atoms with Gasteiger partial charge in [0, 0.05) is 23.7 Å². The third kappa shape index (κ3) is 2.57. The molecule has 2 fully saturated rings. The van der Waals surface area contributed by atoms with Crippen molar-refractivity contribution in [2.24, 2.45) is 17.3 Å². The largest absolute Gasteiger partial charge is 0.508 e. The Morgan fingerprint density at radius 3 is 3.00 bits per heavy atom. The van der Waals surface area contributed by atoms with E-state index in [1.807, 2.05) is 29.2 Å². The molecule has 4 nitrogen and oxygen atoms in total. The first kappa shape index (κ1) is 17.7. The highest BCUT2D eigenvalue weighted by atomic mass is 16.3. The van der Waals surface area contributed by atoms with Crippen molar-refractivity contribution in [1.82, 2.24) is 9.78 Å². The monoisotopic (exact) mass is 376 g/mol. The van der Waals surface area contributed by atoms with Gasteiger partial charge in [-0.1, -0.05) is 13.0 Å². The van der Waals surface area contributed by atoms with Crippen LogP contribution in [0.4, 0.5) is 0 Å². The zero-order chi connectivity index (χ0) is 19.5. The average Bonchev–Trinajstić information content (AvgIpc) is 3.25. The van der Waals surface area contributed by atoms with E-state index in [2.05, 4.69) is 31.1 Å². The number of aryl methyl sites for hydroxylation is 2. The molecular weight excluding hydrogens is 348 g/mol. The van der Waals surface area contributed by atoms with Gasteiger partial charge in [-0.25, -0.2) is 0 Å². The summed E-state index contributed by atoms with van der Waals surface area (Å²) in [6.07, 6.45) is 11.0. The van der Waals surface area contributed by atoms with Gasteiger partial charge in [-0.15, -0.1) is 0 Å². The summed E-state index contributed by atoms with van der Waals surface area (Å²) in [5.74, 6) is 2.23. The number of allylic oxidation sites excluding steroid dienone is 1. The van der Waals surface area contributed by atoms with Gasteiger partial charge in [0.1, 0.15) is 5.75 Å². The molecule has 0 bridgehead atoms. The van der Waals surface area contributed by atoms with Crippen LogP contribution in [0.1, 0.15) is 62.1 Å². The molecule has 0 amide bonds.